The van der Waals surface area contributed by atoms with Gasteiger partial charge in [-0.15, -0.1) is 0 Å². The largest absolute Gasteiger partial charge is 0.480 e. The van der Waals surface area contributed by atoms with E-state index in [-0.39, 0.29) is 0 Å². The quantitative estimate of drug-likeness (QED) is 0.781. The molecule has 0 fully saturated rings. The minimum Gasteiger partial charge on any atom is -0.480 e. The van der Waals surface area contributed by atoms with Crippen molar-refractivity contribution in [3.8, 4) is 0 Å². The van der Waals surface area contributed by atoms with Gasteiger partial charge in [-0.1, -0.05) is 23.7 Å². The van der Waals surface area contributed by atoms with Gasteiger partial charge in [0.15, 0.2) is 0 Å². The molecule has 3 nitrogen and oxygen atoms in total. The Labute approximate surface area is 86.3 Å². The van der Waals surface area contributed by atoms with E-state index in [1.54, 1.807) is 18.2 Å². The molecule has 14 heavy (non-hydrogen) atoms. The molecule has 0 aliphatic rings. The predicted molar refractivity (Wildman–Crippen MR) is 52.5 cm³/mol. The van der Waals surface area contributed by atoms with Gasteiger partial charge in [-0.05, 0) is 24.6 Å². The lowest BCUT2D eigenvalue weighted by Gasteiger charge is -2.08. The summed E-state index contributed by atoms with van der Waals surface area (Å²) in [6.45, 7) is 1.25. The zero-order chi connectivity index (χ0) is 10.7. The van der Waals surface area contributed by atoms with Gasteiger partial charge < -0.3 is 5.11 Å². The summed E-state index contributed by atoms with van der Waals surface area (Å²) >= 11 is 5.69. The van der Waals surface area contributed by atoms with Crippen molar-refractivity contribution in [2.75, 3.05) is 0 Å². The van der Waals surface area contributed by atoms with Crippen LogP contribution < -0.4 is 0 Å². The van der Waals surface area contributed by atoms with Gasteiger partial charge in [0, 0.05) is 5.02 Å². The maximum absolute atomic E-state index is 11.1. The number of carbonyl (C=O) groups is 2. The van der Waals surface area contributed by atoms with Gasteiger partial charge in [0.25, 0.3) is 0 Å². The van der Waals surface area contributed by atoms with Crippen LogP contribution >= 0.6 is 11.6 Å². The summed E-state index contributed by atoms with van der Waals surface area (Å²) in [5, 5.41) is 9.25. The minimum absolute atomic E-state index is 0.403. The molecule has 1 N–H and O–H groups in total. The van der Waals surface area contributed by atoms with Crippen molar-refractivity contribution < 1.29 is 14.7 Å². The number of carboxylic acid groups (broad SMARTS) is 1. The van der Waals surface area contributed by atoms with Crippen molar-refractivity contribution in [2.24, 2.45) is 0 Å². The Morgan fingerprint density at radius 3 is 2.50 bits per heavy atom. The lowest BCUT2D eigenvalue weighted by atomic mass is 9.96. The van der Waals surface area contributed by atoms with E-state index in [9.17, 15) is 9.59 Å². The third-order valence-corrected chi connectivity index (χ3v) is 2.07. The SMILES string of the molecule is CC(=O)C(C(=O)O)c1cccc(Cl)c1. The molecule has 1 atom stereocenters. The first-order valence-corrected chi connectivity index (χ1v) is 4.39. The van der Waals surface area contributed by atoms with Gasteiger partial charge in [-0.3, -0.25) is 9.59 Å². The van der Waals surface area contributed by atoms with Crippen molar-refractivity contribution >= 4 is 23.4 Å². The van der Waals surface area contributed by atoms with Crippen LogP contribution in [-0.2, 0) is 9.59 Å². The van der Waals surface area contributed by atoms with Crippen molar-refractivity contribution in [1.29, 1.82) is 0 Å². The zero-order valence-electron chi connectivity index (χ0n) is 7.53. The summed E-state index contributed by atoms with van der Waals surface area (Å²) in [4.78, 5) is 21.9. The van der Waals surface area contributed by atoms with Crippen molar-refractivity contribution in [1.82, 2.24) is 0 Å². The number of aliphatic carboxylic acids is 1. The second-order valence-corrected chi connectivity index (χ2v) is 3.37. The number of rotatable bonds is 3. The number of hydrogen-bond donors (Lipinski definition) is 1. The predicted octanol–water partition coefficient (Wildman–Crippen LogP) is 2.10. The molecule has 0 saturated heterocycles. The molecule has 0 aromatic heterocycles. The van der Waals surface area contributed by atoms with E-state index in [0.717, 1.165) is 0 Å². The maximum Gasteiger partial charge on any atom is 0.318 e. The van der Waals surface area contributed by atoms with Crippen molar-refractivity contribution in [2.45, 2.75) is 12.8 Å². The fourth-order valence-corrected chi connectivity index (χ4v) is 1.44. The molecule has 1 aromatic carbocycles. The Morgan fingerprint density at radius 1 is 1.43 bits per heavy atom. The Kier molecular flexibility index (Phi) is 3.25. The lowest BCUT2D eigenvalue weighted by Crippen LogP contribution is -2.18. The van der Waals surface area contributed by atoms with Crippen LogP contribution in [0.1, 0.15) is 18.4 Å². The summed E-state index contributed by atoms with van der Waals surface area (Å²) in [6.07, 6.45) is 0. The molecule has 0 aliphatic heterocycles. The van der Waals surface area contributed by atoms with Crippen LogP contribution in [0.3, 0.4) is 0 Å². The first-order chi connectivity index (χ1) is 6.52. The number of Topliss-reactive ketones (excluding diaryl/α,β-unsaturated/α-hetero) is 1. The third-order valence-electron chi connectivity index (χ3n) is 1.84. The van der Waals surface area contributed by atoms with Gasteiger partial charge in [0.1, 0.15) is 11.7 Å². The topological polar surface area (TPSA) is 54.4 Å². The van der Waals surface area contributed by atoms with Gasteiger partial charge >= 0.3 is 5.97 Å². The number of hydrogen-bond acceptors (Lipinski definition) is 2. The van der Waals surface area contributed by atoms with Crippen molar-refractivity contribution in [3.63, 3.8) is 0 Å². The highest BCUT2D eigenvalue weighted by molar-refractivity contribution is 6.30. The standard InChI is InChI=1S/C10H9ClO3/c1-6(12)9(10(13)14)7-3-2-4-8(11)5-7/h2-5,9H,1H3,(H,13,14). The Bertz CT molecular complexity index is 359. The summed E-state index contributed by atoms with van der Waals surface area (Å²) in [5.41, 5.74) is 0.414. The van der Waals surface area contributed by atoms with Crippen molar-refractivity contribution in [3.05, 3.63) is 34.9 Å². The maximum atomic E-state index is 11.1. The summed E-state index contributed by atoms with van der Waals surface area (Å²) in [7, 11) is 0. The molecule has 0 radical (unpaired) electrons. The van der Waals surface area contributed by atoms with Crippen LogP contribution in [0.5, 0.6) is 0 Å². The molecule has 0 bridgehead atoms. The molecule has 1 rings (SSSR count). The molecular formula is C10H9ClO3. The van der Waals surface area contributed by atoms with Crippen LogP contribution in [0.15, 0.2) is 24.3 Å². The van der Waals surface area contributed by atoms with Crippen LogP contribution in [-0.4, -0.2) is 16.9 Å². The minimum atomic E-state index is -1.15. The van der Waals surface area contributed by atoms with E-state index in [1.165, 1.54) is 13.0 Å². The van der Waals surface area contributed by atoms with E-state index in [0.29, 0.717) is 10.6 Å². The third kappa shape index (κ3) is 2.33. The second kappa shape index (κ2) is 4.24. The molecule has 74 valence electrons. The van der Waals surface area contributed by atoms with E-state index < -0.39 is 17.7 Å². The van der Waals surface area contributed by atoms with Crippen LogP contribution in [0.4, 0.5) is 0 Å². The highest BCUT2D eigenvalue weighted by Crippen LogP contribution is 2.20. The molecule has 0 spiro atoms. The second-order valence-electron chi connectivity index (χ2n) is 2.94. The molecule has 0 saturated carbocycles. The molecule has 1 unspecified atom stereocenters. The zero-order valence-corrected chi connectivity index (χ0v) is 8.28. The number of carboxylic acids is 1. The molecule has 0 heterocycles. The van der Waals surface area contributed by atoms with Gasteiger partial charge in [0.2, 0.25) is 0 Å². The first kappa shape index (κ1) is 10.7. The molecule has 1 aromatic rings. The summed E-state index contributed by atoms with van der Waals surface area (Å²) in [5.74, 6) is -2.67. The first-order valence-electron chi connectivity index (χ1n) is 4.01. The average molecular weight is 213 g/mol. The van der Waals surface area contributed by atoms with Gasteiger partial charge in [-0.2, -0.15) is 0 Å². The number of ketones is 1. The Morgan fingerprint density at radius 2 is 2.07 bits per heavy atom. The Hall–Kier alpha value is -1.35. The monoisotopic (exact) mass is 212 g/mol. The van der Waals surface area contributed by atoms with Crippen LogP contribution in [0.2, 0.25) is 5.02 Å². The smallest absolute Gasteiger partial charge is 0.318 e. The fourth-order valence-electron chi connectivity index (χ4n) is 1.24. The highest BCUT2D eigenvalue weighted by Gasteiger charge is 2.24. The number of carbonyl (C=O) groups excluding carboxylic acids is 1. The number of benzene rings is 1. The van der Waals surface area contributed by atoms with E-state index >= 15 is 0 Å². The van der Waals surface area contributed by atoms with Gasteiger partial charge in [0.05, 0.1) is 0 Å². The van der Waals surface area contributed by atoms with Crippen LogP contribution in [0.25, 0.3) is 0 Å². The van der Waals surface area contributed by atoms with Crippen LogP contribution in [0, 0.1) is 0 Å². The normalized spacial score (nSPS) is 12.1. The summed E-state index contributed by atoms with van der Waals surface area (Å²) in [6, 6.07) is 6.31. The molecular weight excluding hydrogens is 204 g/mol. The van der Waals surface area contributed by atoms with E-state index in [4.69, 9.17) is 16.7 Å². The molecule has 0 aliphatic carbocycles. The summed E-state index contributed by atoms with van der Waals surface area (Å²) < 4.78 is 0. The van der Waals surface area contributed by atoms with Gasteiger partial charge in [-0.25, -0.2) is 0 Å². The average Bonchev–Trinajstić information content (AvgIpc) is 2.02. The lowest BCUT2D eigenvalue weighted by molar-refractivity contribution is -0.142. The fraction of sp³-hybridized carbons (Fsp3) is 0.200. The highest BCUT2D eigenvalue weighted by atomic mass is 35.5. The molecule has 0 amide bonds. The number of halogens is 1. The Balaban J connectivity index is 3.12. The van der Waals surface area contributed by atoms with E-state index in [1.807, 2.05) is 0 Å². The van der Waals surface area contributed by atoms with E-state index in [2.05, 4.69) is 0 Å². The molecule has 4 heteroatoms.